The van der Waals surface area contributed by atoms with Crippen LogP contribution in [0, 0.1) is 11.8 Å². The van der Waals surface area contributed by atoms with E-state index in [-0.39, 0.29) is 5.56 Å². The van der Waals surface area contributed by atoms with Gasteiger partial charge in [-0.15, -0.1) is 0 Å². The van der Waals surface area contributed by atoms with Crippen molar-refractivity contribution in [3.05, 3.63) is 65.7 Å². The van der Waals surface area contributed by atoms with Gasteiger partial charge in [0.25, 0.3) is 9.84 Å². The molecule has 1 atom stereocenters. The second kappa shape index (κ2) is 7.62. The van der Waals surface area contributed by atoms with Crippen LogP contribution in [-0.2, 0) is 9.84 Å². The molecular formula is C18H15F3O3S. The average Bonchev–Trinajstić information content (AvgIpc) is 2.59. The Kier molecular flexibility index (Phi) is 5.75. The molecule has 0 aliphatic carbocycles. The van der Waals surface area contributed by atoms with Gasteiger partial charge in [0.1, 0.15) is 11.0 Å². The van der Waals surface area contributed by atoms with E-state index in [2.05, 4.69) is 11.8 Å². The molecule has 0 aliphatic heterocycles. The molecule has 1 unspecified atom stereocenters. The Morgan fingerprint density at radius 2 is 1.64 bits per heavy atom. The Hall–Kier alpha value is -2.46. The molecule has 0 aliphatic rings. The topological polar surface area (TPSA) is 43.4 Å². The lowest BCUT2D eigenvalue weighted by molar-refractivity contribution is -0.0445. The van der Waals surface area contributed by atoms with Gasteiger partial charge in [0.2, 0.25) is 0 Å². The predicted molar refractivity (Wildman–Crippen MR) is 88.6 cm³/mol. The summed E-state index contributed by atoms with van der Waals surface area (Å²) in [4.78, 5) is 0. The Morgan fingerprint density at radius 1 is 1.04 bits per heavy atom. The Balaban J connectivity index is 2.37. The molecule has 0 N–H and O–H groups in total. The fourth-order valence-corrected chi connectivity index (χ4v) is 3.29. The van der Waals surface area contributed by atoms with E-state index in [1.807, 2.05) is 0 Å². The molecule has 0 radical (unpaired) electrons. The molecule has 0 saturated carbocycles. The molecule has 3 nitrogen and oxygen atoms in total. The van der Waals surface area contributed by atoms with E-state index < -0.39 is 27.0 Å². The summed E-state index contributed by atoms with van der Waals surface area (Å²) in [6.45, 7) is 0. The van der Waals surface area contributed by atoms with Crippen molar-refractivity contribution in [1.29, 1.82) is 0 Å². The zero-order valence-corrected chi connectivity index (χ0v) is 14.1. The first kappa shape index (κ1) is 18.9. The third-order valence-corrected chi connectivity index (χ3v) is 5.31. The molecule has 0 spiro atoms. The van der Waals surface area contributed by atoms with Crippen LogP contribution in [0.1, 0.15) is 22.8 Å². The molecular weight excluding hydrogens is 353 g/mol. The average molecular weight is 368 g/mol. The number of halogens is 3. The number of sulfone groups is 1. The predicted octanol–water partition coefficient (Wildman–Crippen LogP) is 4.11. The molecule has 132 valence electrons. The Bertz CT molecular complexity index is 862. The Morgan fingerprint density at radius 3 is 2.16 bits per heavy atom. The zero-order chi connectivity index (χ0) is 18.5. The molecule has 2 aromatic rings. The van der Waals surface area contributed by atoms with E-state index >= 15 is 0 Å². The van der Waals surface area contributed by atoms with Crippen molar-refractivity contribution in [3.8, 4) is 17.6 Å². The quantitative estimate of drug-likeness (QED) is 0.763. The van der Waals surface area contributed by atoms with Crippen LogP contribution in [0.15, 0.2) is 54.6 Å². The van der Waals surface area contributed by atoms with Crippen LogP contribution in [0.4, 0.5) is 13.2 Å². The summed E-state index contributed by atoms with van der Waals surface area (Å²) in [6.07, 6.45) is -0.469. The van der Waals surface area contributed by atoms with Gasteiger partial charge < -0.3 is 4.74 Å². The van der Waals surface area contributed by atoms with Crippen LogP contribution in [0.2, 0.25) is 0 Å². The fraction of sp³-hybridized carbons (Fsp3) is 0.222. The van der Waals surface area contributed by atoms with E-state index in [0.717, 1.165) is 0 Å². The third-order valence-electron chi connectivity index (χ3n) is 3.48. The summed E-state index contributed by atoms with van der Waals surface area (Å²) in [5.41, 5.74) is -4.74. The van der Waals surface area contributed by atoms with E-state index in [1.165, 1.54) is 31.4 Å². The van der Waals surface area contributed by atoms with Crippen LogP contribution in [0.25, 0.3) is 0 Å². The molecule has 25 heavy (non-hydrogen) atoms. The summed E-state index contributed by atoms with van der Waals surface area (Å²) < 4.78 is 67.8. The zero-order valence-electron chi connectivity index (χ0n) is 13.2. The monoisotopic (exact) mass is 368 g/mol. The second-order valence-electron chi connectivity index (χ2n) is 5.12. The molecule has 0 aromatic heterocycles. The lowest BCUT2D eigenvalue weighted by Crippen LogP contribution is -2.29. The van der Waals surface area contributed by atoms with Crippen molar-refractivity contribution in [3.63, 3.8) is 0 Å². The van der Waals surface area contributed by atoms with Crippen LogP contribution in [0.5, 0.6) is 5.75 Å². The first-order valence-electron chi connectivity index (χ1n) is 7.24. The summed E-state index contributed by atoms with van der Waals surface area (Å²) in [7, 11) is -4.00. The summed E-state index contributed by atoms with van der Waals surface area (Å²) in [5, 5.41) is -1.80. The highest BCUT2D eigenvalue weighted by Crippen LogP contribution is 2.37. The van der Waals surface area contributed by atoms with Gasteiger partial charge in [-0.3, -0.25) is 0 Å². The summed E-state index contributed by atoms with van der Waals surface area (Å²) in [5.74, 6) is 5.65. The second-order valence-corrected chi connectivity index (χ2v) is 7.25. The van der Waals surface area contributed by atoms with Crippen molar-refractivity contribution >= 4 is 9.84 Å². The van der Waals surface area contributed by atoms with Crippen LogP contribution >= 0.6 is 0 Å². The number of methoxy groups -OCH3 is 1. The number of alkyl halides is 3. The summed E-state index contributed by atoms with van der Waals surface area (Å²) >= 11 is 0. The molecule has 0 fully saturated rings. The highest BCUT2D eigenvalue weighted by atomic mass is 32.2. The lowest BCUT2D eigenvalue weighted by Gasteiger charge is -2.18. The van der Waals surface area contributed by atoms with Crippen molar-refractivity contribution < 1.29 is 26.3 Å². The van der Waals surface area contributed by atoms with Crippen molar-refractivity contribution in [2.24, 2.45) is 0 Å². The minimum Gasteiger partial charge on any atom is -0.497 e. The maximum Gasteiger partial charge on any atom is 0.498 e. The van der Waals surface area contributed by atoms with E-state index in [9.17, 15) is 21.6 Å². The SMILES string of the molecule is COc1ccc(C(CC#Cc2ccccc2)S(=O)(=O)C(F)(F)F)cc1. The van der Waals surface area contributed by atoms with Gasteiger partial charge in [-0.1, -0.05) is 42.2 Å². The van der Waals surface area contributed by atoms with Crippen LogP contribution in [-0.4, -0.2) is 21.0 Å². The van der Waals surface area contributed by atoms with Gasteiger partial charge in [0.15, 0.2) is 0 Å². The standard InChI is InChI=1S/C18H15F3O3S/c1-24-16-12-10-15(11-13-16)17(25(22,23)18(19,20)21)9-5-8-14-6-3-2-4-7-14/h2-4,6-7,10-13,17H,9H2,1H3. The van der Waals surface area contributed by atoms with E-state index in [1.54, 1.807) is 30.3 Å². The molecule has 0 saturated heterocycles. The van der Waals surface area contributed by atoms with E-state index in [4.69, 9.17) is 4.74 Å². The molecule has 2 aromatic carbocycles. The first-order chi connectivity index (χ1) is 11.8. The van der Waals surface area contributed by atoms with Gasteiger partial charge in [-0.05, 0) is 29.8 Å². The molecule has 7 heteroatoms. The van der Waals surface area contributed by atoms with E-state index in [0.29, 0.717) is 11.3 Å². The number of hydrogen-bond donors (Lipinski definition) is 0. The minimum atomic E-state index is -5.41. The third kappa shape index (κ3) is 4.54. The van der Waals surface area contributed by atoms with Gasteiger partial charge in [-0.25, -0.2) is 8.42 Å². The number of benzene rings is 2. The van der Waals surface area contributed by atoms with Crippen LogP contribution in [0.3, 0.4) is 0 Å². The van der Waals surface area contributed by atoms with Crippen molar-refractivity contribution in [2.75, 3.05) is 7.11 Å². The Labute approximate surface area is 144 Å². The van der Waals surface area contributed by atoms with Crippen molar-refractivity contribution in [1.82, 2.24) is 0 Å². The molecule has 0 heterocycles. The minimum absolute atomic E-state index is 0.0143. The maximum absolute atomic E-state index is 13.0. The smallest absolute Gasteiger partial charge is 0.497 e. The maximum atomic E-state index is 13.0. The molecule has 0 amide bonds. The van der Waals surface area contributed by atoms with Gasteiger partial charge in [0, 0.05) is 12.0 Å². The van der Waals surface area contributed by atoms with Gasteiger partial charge in [0.05, 0.1) is 7.11 Å². The highest BCUT2D eigenvalue weighted by molar-refractivity contribution is 7.92. The fourth-order valence-electron chi connectivity index (χ4n) is 2.15. The summed E-state index contributed by atoms with van der Waals surface area (Å²) in [6, 6.07) is 14.1. The normalized spacial score (nSPS) is 12.8. The first-order valence-corrected chi connectivity index (χ1v) is 8.78. The molecule has 0 bridgehead atoms. The number of hydrogen-bond acceptors (Lipinski definition) is 3. The van der Waals surface area contributed by atoms with Crippen LogP contribution < -0.4 is 4.74 Å². The van der Waals surface area contributed by atoms with Gasteiger partial charge in [-0.2, -0.15) is 13.2 Å². The largest absolute Gasteiger partial charge is 0.498 e. The number of rotatable bonds is 4. The highest BCUT2D eigenvalue weighted by Gasteiger charge is 2.50. The van der Waals surface area contributed by atoms with Crippen molar-refractivity contribution in [2.45, 2.75) is 17.2 Å². The lowest BCUT2D eigenvalue weighted by atomic mass is 10.1. The molecule has 2 rings (SSSR count). The van der Waals surface area contributed by atoms with Gasteiger partial charge >= 0.3 is 5.51 Å². The number of ether oxygens (including phenoxy) is 1.